The Hall–Kier alpha value is -3.57. The molecule has 1 fully saturated rings. The van der Waals surface area contributed by atoms with Crippen LogP contribution in [0.4, 0.5) is 17.1 Å². The second-order valence-corrected chi connectivity index (χ2v) is 8.63. The molecule has 0 radical (unpaired) electrons. The Kier molecular flexibility index (Phi) is 6.25. The monoisotopic (exact) mass is 454 g/mol. The molecule has 0 aliphatic carbocycles. The number of hydrogen-bond acceptors (Lipinski definition) is 8. The Morgan fingerprint density at radius 1 is 1.27 bits per heavy atom. The average molecular weight is 454 g/mol. The first-order chi connectivity index (χ1) is 15.7. The fourth-order valence-corrected chi connectivity index (χ4v) is 3.63. The Bertz CT molecular complexity index is 1180. The fraction of sp³-hybridized carbons (Fsp3) is 0.409. The SMILES string of the molecule is CC(C)(O)CCn1cc2cc(NC(=O)c3cncc([N+](=O)[O-])c3)c(N3CCOCC3)cc2n1. The molecule has 11 nitrogen and oxygen atoms in total. The van der Waals surface area contributed by atoms with Gasteiger partial charge in [-0.05, 0) is 32.4 Å². The summed E-state index contributed by atoms with van der Waals surface area (Å²) < 4.78 is 7.24. The lowest BCUT2D eigenvalue weighted by atomic mass is 10.1. The van der Waals surface area contributed by atoms with E-state index in [1.54, 1.807) is 18.5 Å². The minimum atomic E-state index is -0.803. The van der Waals surface area contributed by atoms with Crippen molar-refractivity contribution in [2.45, 2.75) is 32.4 Å². The molecule has 4 rings (SSSR count). The third-order valence-corrected chi connectivity index (χ3v) is 5.42. The Balaban J connectivity index is 1.67. The van der Waals surface area contributed by atoms with E-state index in [2.05, 4.69) is 20.3 Å². The van der Waals surface area contributed by atoms with Crippen LogP contribution < -0.4 is 10.2 Å². The second kappa shape index (κ2) is 9.12. The lowest BCUT2D eigenvalue weighted by Crippen LogP contribution is -2.36. The molecule has 1 aliphatic heterocycles. The van der Waals surface area contributed by atoms with Gasteiger partial charge in [0, 0.05) is 43.5 Å². The van der Waals surface area contributed by atoms with Crippen molar-refractivity contribution >= 4 is 33.9 Å². The van der Waals surface area contributed by atoms with Crippen LogP contribution in [0, 0.1) is 10.1 Å². The first kappa shape index (κ1) is 22.6. The van der Waals surface area contributed by atoms with E-state index in [1.807, 2.05) is 18.3 Å². The van der Waals surface area contributed by atoms with Crippen molar-refractivity contribution in [1.82, 2.24) is 14.8 Å². The minimum Gasteiger partial charge on any atom is -0.390 e. The van der Waals surface area contributed by atoms with Gasteiger partial charge in [0.1, 0.15) is 6.20 Å². The van der Waals surface area contributed by atoms with Crippen molar-refractivity contribution in [2.75, 3.05) is 36.5 Å². The molecule has 3 heterocycles. The van der Waals surface area contributed by atoms with Gasteiger partial charge < -0.3 is 20.1 Å². The number of aliphatic hydroxyl groups is 1. The van der Waals surface area contributed by atoms with Crippen LogP contribution in [0.25, 0.3) is 10.9 Å². The number of hydrogen-bond donors (Lipinski definition) is 2. The van der Waals surface area contributed by atoms with Gasteiger partial charge >= 0.3 is 0 Å². The molecule has 0 unspecified atom stereocenters. The minimum absolute atomic E-state index is 0.0955. The van der Waals surface area contributed by atoms with Crippen LogP contribution in [0.3, 0.4) is 0 Å². The zero-order chi connectivity index (χ0) is 23.6. The quantitative estimate of drug-likeness (QED) is 0.411. The van der Waals surface area contributed by atoms with Gasteiger partial charge in [0.05, 0.1) is 46.2 Å². The number of nitrogens with zero attached hydrogens (tertiary/aromatic N) is 5. The summed E-state index contributed by atoms with van der Waals surface area (Å²) >= 11 is 0. The van der Waals surface area contributed by atoms with E-state index in [0.717, 1.165) is 22.8 Å². The van der Waals surface area contributed by atoms with Crippen LogP contribution in [-0.2, 0) is 11.3 Å². The van der Waals surface area contributed by atoms with Crippen LogP contribution in [0.15, 0.2) is 36.8 Å². The van der Waals surface area contributed by atoms with Gasteiger partial charge in [-0.1, -0.05) is 0 Å². The number of morpholine rings is 1. The molecule has 174 valence electrons. The first-order valence-corrected chi connectivity index (χ1v) is 10.7. The van der Waals surface area contributed by atoms with Crippen LogP contribution in [0.2, 0.25) is 0 Å². The second-order valence-electron chi connectivity index (χ2n) is 8.63. The molecule has 33 heavy (non-hydrogen) atoms. The molecule has 0 bridgehead atoms. The van der Waals surface area contributed by atoms with Crippen LogP contribution in [-0.4, -0.2) is 62.6 Å². The molecule has 2 aromatic heterocycles. The number of nitrogens with one attached hydrogen (secondary N) is 1. The Morgan fingerprint density at radius 3 is 2.73 bits per heavy atom. The normalized spacial score (nSPS) is 14.5. The number of pyridine rings is 1. The van der Waals surface area contributed by atoms with Gasteiger partial charge in [0.25, 0.3) is 11.6 Å². The summed E-state index contributed by atoms with van der Waals surface area (Å²) in [6, 6.07) is 4.96. The highest BCUT2D eigenvalue weighted by atomic mass is 16.6. The standard InChI is InChI=1S/C22H26N6O5/c1-22(2,30)3-4-27-14-16-10-19(20(11-18(16)25-27)26-5-7-33-8-6-26)24-21(29)15-9-17(28(31)32)13-23-12-15/h9-14,30H,3-8H2,1-2H3,(H,24,29). The summed E-state index contributed by atoms with van der Waals surface area (Å²) in [5.74, 6) is -0.491. The third-order valence-electron chi connectivity index (χ3n) is 5.42. The number of aromatic nitrogens is 3. The summed E-state index contributed by atoms with van der Waals surface area (Å²) in [6.45, 7) is 6.51. The molecular weight excluding hydrogens is 428 g/mol. The number of carbonyl (C=O) groups is 1. The Morgan fingerprint density at radius 2 is 2.03 bits per heavy atom. The predicted octanol–water partition coefficient (Wildman–Crippen LogP) is 2.59. The van der Waals surface area contributed by atoms with Gasteiger partial charge in [0.15, 0.2) is 0 Å². The van der Waals surface area contributed by atoms with Gasteiger partial charge in [-0.2, -0.15) is 5.10 Å². The maximum atomic E-state index is 12.9. The number of anilines is 2. The van der Waals surface area contributed by atoms with E-state index in [4.69, 9.17) is 4.74 Å². The van der Waals surface area contributed by atoms with Crippen LogP contribution in [0.1, 0.15) is 30.6 Å². The van der Waals surface area contributed by atoms with E-state index >= 15 is 0 Å². The van der Waals surface area contributed by atoms with Crippen molar-refractivity contribution in [3.63, 3.8) is 0 Å². The van der Waals surface area contributed by atoms with Crippen molar-refractivity contribution in [2.24, 2.45) is 0 Å². The van der Waals surface area contributed by atoms with Gasteiger partial charge in [-0.3, -0.25) is 24.6 Å². The molecule has 1 saturated heterocycles. The highest BCUT2D eigenvalue weighted by Gasteiger charge is 2.20. The summed E-state index contributed by atoms with van der Waals surface area (Å²) in [6.07, 6.45) is 4.81. The summed E-state index contributed by atoms with van der Waals surface area (Å²) in [4.78, 5) is 29.3. The van der Waals surface area contributed by atoms with E-state index in [0.29, 0.717) is 45.0 Å². The van der Waals surface area contributed by atoms with Crippen molar-refractivity contribution < 1.29 is 19.6 Å². The number of rotatable bonds is 7. The number of ether oxygens (including phenoxy) is 1. The summed E-state index contributed by atoms with van der Waals surface area (Å²) in [5, 5.41) is 29.4. The predicted molar refractivity (Wildman–Crippen MR) is 123 cm³/mol. The zero-order valence-corrected chi connectivity index (χ0v) is 18.5. The maximum absolute atomic E-state index is 12.9. The number of fused-ring (bicyclic) bond motifs is 1. The summed E-state index contributed by atoms with van der Waals surface area (Å²) in [7, 11) is 0. The lowest BCUT2D eigenvalue weighted by molar-refractivity contribution is -0.385. The first-order valence-electron chi connectivity index (χ1n) is 10.7. The van der Waals surface area contributed by atoms with E-state index in [9.17, 15) is 20.0 Å². The smallest absolute Gasteiger partial charge is 0.288 e. The zero-order valence-electron chi connectivity index (χ0n) is 18.5. The molecule has 2 N–H and O–H groups in total. The van der Waals surface area contributed by atoms with Crippen molar-refractivity contribution in [1.29, 1.82) is 0 Å². The van der Waals surface area contributed by atoms with E-state index < -0.39 is 16.4 Å². The number of amides is 1. The number of carbonyl (C=O) groups excluding carboxylic acids is 1. The average Bonchev–Trinajstić information content (AvgIpc) is 3.19. The molecule has 1 aliphatic rings. The van der Waals surface area contributed by atoms with Gasteiger partial charge in [-0.25, -0.2) is 0 Å². The van der Waals surface area contributed by atoms with Crippen molar-refractivity contribution in [3.8, 4) is 0 Å². The van der Waals surface area contributed by atoms with Crippen LogP contribution in [0.5, 0.6) is 0 Å². The molecule has 0 spiro atoms. The Labute approximate surface area is 190 Å². The lowest BCUT2D eigenvalue weighted by Gasteiger charge is -2.30. The molecule has 0 atom stereocenters. The number of aryl methyl sites for hydroxylation is 1. The molecule has 1 amide bonds. The highest BCUT2D eigenvalue weighted by molar-refractivity contribution is 6.07. The van der Waals surface area contributed by atoms with Gasteiger partial charge in [-0.15, -0.1) is 0 Å². The highest BCUT2D eigenvalue weighted by Crippen LogP contribution is 2.32. The maximum Gasteiger partial charge on any atom is 0.288 e. The molecule has 11 heteroatoms. The summed E-state index contributed by atoms with van der Waals surface area (Å²) in [5.41, 5.74) is 1.18. The molecule has 3 aromatic rings. The topological polar surface area (TPSA) is 136 Å². The third kappa shape index (κ3) is 5.44. The van der Waals surface area contributed by atoms with Crippen LogP contribution >= 0.6 is 0 Å². The fourth-order valence-electron chi connectivity index (χ4n) is 3.63. The van der Waals surface area contributed by atoms with E-state index in [-0.39, 0.29) is 11.3 Å². The van der Waals surface area contributed by atoms with Gasteiger partial charge in [0.2, 0.25) is 0 Å². The molecule has 1 aromatic carbocycles. The van der Waals surface area contributed by atoms with Crippen molar-refractivity contribution in [3.05, 3.63) is 52.5 Å². The number of nitro groups is 1. The van der Waals surface area contributed by atoms with E-state index in [1.165, 1.54) is 12.3 Å². The molecular formula is C22H26N6O5. The molecule has 0 saturated carbocycles. The largest absolute Gasteiger partial charge is 0.390 e. The number of benzene rings is 1.